The van der Waals surface area contributed by atoms with Crippen molar-refractivity contribution >= 4 is 44.0 Å². The molecule has 17 heavy (non-hydrogen) atoms. The van der Waals surface area contributed by atoms with E-state index in [-0.39, 0.29) is 12.4 Å². The van der Waals surface area contributed by atoms with Crippen LogP contribution < -0.4 is 12.4 Å². The molecule has 0 radical (unpaired) electrons. The molecular formula is C12H8Cl4S. The van der Waals surface area contributed by atoms with E-state index in [1.165, 1.54) is 0 Å². The van der Waals surface area contributed by atoms with Gasteiger partial charge in [0.25, 0.3) is 0 Å². The Balaban J connectivity index is 0.00000144. The normalized spacial score (nSPS) is 10.1. The second kappa shape index (κ2) is 6.77. The van der Waals surface area contributed by atoms with E-state index >= 15 is 0 Å². The van der Waals surface area contributed by atoms with Gasteiger partial charge < -0.3 is 12.4 Å². The summed E-state index contributed by atoms with van der Waals surface area (Å²) in [6, 6.07) is 15.1. The molecule has 0 amide bonds. The zero-order valence-corrected chi connectivity index (χ0v) is 12.4. The molecule has 2 aromatic rings. The summed E-state index contributed by atoms with van der Waals surface area (Å²) in [4.78, 5) is 2.10. The maximum Gasteiger partial charge on any atom is 0.189 e. The van der Waals surface area contributed by atoms with Crippen LogP contribution in [0.4, 0.5) is 0 Å². The average Bonchev–Trinajstić information content (AvgIpc) is 2.30. The van der Waals surface area contributed by atoms with Gasteiger partial charge >= 0.3 is 0 Å². The van der Waals surface area contributed by atoms with Gasteiger partial charge in [0.2, 0.25) is 0 Å². The van der Waals surface area contributed by atoms with Crippen molar-refractivity contribution in [3.05, 3.63) is 58.6 Å². The first-order valence-corrected chi connectivity index (χ1v) is 7.39. The number of halogens is 4. The highest BCUT2D eigenvalue weighted by molar-refractivity contribution is 8.18. The van der Waals surface area contributed by atoms with Crippen molar-refractivity contribution in [1.29, 1.82) is 0 Å². The molecule has 90 valence electrons. The van der Waals surface area contributed by atoms with Gasteiger partial charge in [0.1, 0.15) is 0 Å². The quantitative estimate of drug-likeness (QED) is 0.742. The number of rotatable bonds is 2. The van der Waals surface area contributed by atoms with Crippen molar-refractivity contribution < 1.29 is 12.4 Å². The standard InChI is InChI=1S/C12H8Cl3S.ClH/c13-9-1-5-11(6-2-9)16(15)12-7-3-10(14)4-8-12;/h1-8H;1H/q+1;/p-1. The molecule has 0 unspecified atom stereocenters. The minimum absolute atomic E-state index is 0. The van der Waals surface area contributed by atoms with Gasteiger partial charge in [-0.05, 0) is 48.5 Å². The van der Waals surface area contributed by atoms with Crippen molar-refractivity contribution in [2.24, 2.45) is 0 Å². The third kappa shape index (κ3) is 3.97. The molecule has 0 atom stereocenters. The van der Waals surface area contributed by atoms with Crippen LogP contribution in [0.15, 0.2) is 58.3 Å². The zero-order valence-electron chi connectivity index (χ0n) is 8.54. The van der Waals surface area contributed by atoms with Crippen molar-refractivity contribution in [3.63, 3.8) is 0 Å². The second-order valence-electron chi connectivity index (χ2n) is 3.16. The van der Waals surface area contributed by atoms with Gasteiger partial charge in [0.05, 0.1) is 0 Å². The molecule has 0 saturated carbocycles. The Morgan fingerprint density at radius 3 is 1.24 bits per heavy atom. The molecule has 0 nitrogen and oxygen atoms in total. The highest BCUT2D eigenvalue weighted by atomic mass is 35.7. The van der Waals surface area contributed by atoms with Crippen LogP contribution in [0.25, 0.3) is 0 Å². The lowest BCUT2D eigenvalue weighted by Crippen LogP contribution is -3.00. The van der Waals surface area contributed by atoms with Crippen LogP contribution in [0.1, 0.15) is 0 Å². The van der Waals surface area contributed by atoms with Crippen molar-refractivity contribution in [1.82, 2.24) is 0 Å². The van der Waals surface area contributed by atoms with E-state index in [4.69, 9.17) is 33.9 Å². The fourth-order valence-electron chi connectivity index (χ4n) is 1.24. The van der Waals surface area contributed by atoms with E-state index in [9.17, 15) is 0 Å². The monoisotopic (exact) mass is 324 g/mol. The molecule has 5 heteroatoms. The number of hydrogen-bond donors (Lipinski definition) is 0. The van der Waals surface area contributed by atoms with E-state index < -0.39 is 10.1 Å². The fourth-order valence-corrected chi connectivity index (χ4v) is 3.14. The molecule has 2 aromatic carbocycles. The Morgan fingerprint density at radius 1 is 0.647 bits per heavy atom. The molecule has 0 aliphatic heterocycles. The molecule has 0 spiro atoms. The van der Waals surface area contributed by atoms with E-state index in [0.717, 1.165) is 9.79 Å². The molecule has 0 heterocycles. The Kier molecular flexibility index (Phi) is 5.98. The SMILES string of the molecule is Clc1ccc([S+](Cl)c2ccc(Cl)cc2)cc1.[Cl-]. The summed E-state index contributed by atoms with van der Waals surface area (Å²) in [6.45, 7) is 0. The lowest BCUT2D eigenvalue weighted by atomic mass is 10.4. The summed E-state index contributed by atoms with van der Waals surface area (Å²) in [6.07, 6.45) is 0. The molecule has 2 rings (SSSR count). The van der Waals surface area contributed by atoms with E-state index in [2.05, 4.69) is 0 Å². The average molecular weight is 326 g/mol. The minimum Gasteiger partial charge on any atom is -1.00 e. The highest BCUT2D eigenvalue weighted by Gasteiger charge is 2.23. The van der Waals surface area contributed by atoms with Crippen LogP contribution in [0.5, 0.6) is 0 Å². The van der Waals surface area contributed by atoms with Gasteiger partial charge in [-0.15, -0.1) is 0 Å². The lowest BCUT2D eigenvalue weighted by Gasteiger charge is -1.98. The maximum absolute atomic E-state index is 6.38. The zero-order chi connectivity index (χ0) is 11.5. The molecule has 0 aliphatic rings. The van der Waals surface area contributed by atoms with Gasteiger partial charge in [-0.2, -0.15) is 0 Å². The lowest BCUT2D eigenvalue weighted by molar-refractivity contribution is -0.00000288. The van der Waals surface area contributed by atoms with Crippen LogP contribution in [0.2, 0.25) is 10.0 Å². The second-order valence-corrected chi connectivity index (χ2v) is 6.42. The van der Waals surface area contributed by atoms with Crippen LogP contribution in [0, 0.1) is 0 Å². The summed E-state index contributed by atoms with van der Waals surface area (Å²) in [5.41, 5.74) is 0. The van der Waals surface area contributed by atoms with Crippen molar-refractivity contribution in [3.8, 4) is 0 Å². The van der Waals surface area contributed by atoms with E-state index in [1.54, 1.807) is 0 Å². The summed E-state index contributed by atoms with van der Waals surface area (Å²) < 4.78 is 0. The van der Waals surface area contributed by atoms with Crippen LogP contribution in [0.3, 0.4) is 0 Å². The topological polar surface area (TPSA) is 0 Å². The van der Waals surface area contributed by atoms with Gasteiger partial charge in [0, 0.05) is 10.0 Å². The van der Waals surface area contributed by atoms with Gasteiger partial charge in [-0.25, -0.2) is 0 Å². The van der Waals surface area contributed by atoms with Crippen molar-refractivity contribution in [2.45, 2.75) is 9.79 Å². The summed E-state index contributed by atoms with van der Waals surface area (Å²) in [5, 5.41) is 1.43. The number of hydrogen-bond acceptors (Lipinski definition) is 0. The van der Waals surface area contributed by atoms with Gasteiger partial charge in [-0.3, -0.25) is 0 Å². The summed E-state index contributed by atoms with van der Waals surface area (Å²) in [7, 11) is 5.92. The molecule has 0 aromatic heterocycles. The first kappa shape index (κ1) is 15.0. The molecule has 0 bridgehead atoms. The smallest absolute Gasteiger partial charge is 0.189 e. The largest absolute Gasteiger partial charge is 1.00 e. The van der Waals surface area contributed by atoms with Crippen LogP contribution >= 0.6 is 33.9 Å². The molecule has 0 saturated heterocycles. The highest BCUT2D eigenvalue weighted by Crippen LogP contribution is 2.28. The van der Waals surface area contributed by atoms with Crippen molar-refractivity contribution in [2.75, 3.05) is 0 Å². The first-order chi connectivity index (χ1) is 7.66. The predicted octanol–water partition coefficient (Wildman–Crippen LogP) is 2.19. The molecule has 0 N–H and O–H groups in total. The maximum atomic E-state index is 6.38. The Morgan fingerprint density at radius 2 is 0.941 bits per heavy atom. The first-order valence-electron chi connectivity index (χ1n) is 4.58. The Bertz CT molecular complexity index is 421. The predicted molar refractivity (Wildman–Crippen MR) is 72.7 cm³/mol. The molecule has 0 aliphatic carbocycles. The summed E-state index contributed by atoms with van der Waals surface area (Å²) >= 11 is 11.7. The van der Waals surface area contributed by atoms with E-state index in [1.807, 2.05) is 48.5 Å². The van der Waals surface area contributed by atoms with Crippen LogP contribution in [-0.4, -0.2) is 0 Å². The van der Waals surface area contributed by atoms with E-state index in [0.29, 0.717) is 10.0 Å². The summed E-state index contributed by atoms with van der Waals surface area (Å²) in [5.74, 6) is 0. The van der Waals surface area contributed by atoms with Gasteiger partial charge in [0.15, 0.2) is 30.6 Å². The molecule has 0 fully saturated rings. The Hall–Kier alpha value is -0.0500. The third-order valence-corrected chi connectivity index (χ3v) is 4.99. The minimum atomic E-state index is -0.458. The Labute approximate surface area is 124 Å². The van der Waals surface area contributed by atoms with Crippen LogP contribution in [-0.2, 0) is 10.1 Å². The van der Waals surface area contributed by atoms with Gasteiger partial charge in [-0.1, -0.05) is 23.2 Å². The number of benzene rings is 2. The molecular weight excluding hydrogens is 318 g/mol. The third-order valence-electron chi connectivity index (χ3n) is 2.04. The fraction of sp³-hybridized carbons (Fsp3) is 0.